The Morgan fingerprint density at radius 2 is 1.80 bits per heavy atom. The van der Waals surface area contributed by atoms with Crippen LogP contribution in [0.1, 0.15) is 0 Å². The van der Waals surface area contributed by atoms with E-state index in [4.69, 9.17) is 5.84 Å². The topological polar surface area (TPSA) is 41.6 Å². The maximum absolute atomic E-state index is 4.95. The van der Waals surface area contributed by atoms with Crippen molar-refractivity contribution in [3.05, 3.63) is 25.3 Å². The summed E-state index contributed by atoms with van der Waals surface area (Å²) in [5.41, 5.74) is 0. The fraction of sp³-hybridized carbons (Fsp3) is 0.286. The van der Waals surface area contributed by atoms with Gasteiger partial charge in [-0.05, 0) is 0 Å². The van der Waals surface area contributed by atoms with Gasteiger partial charge < -0.3 is 10.7 Å². The van der Waals surface area contributed by atoms with Gasteiger partial charge in [-0.3, -0.25) is 0 Å². The highest BCUT2D eigenvalue weighted by molar-refractivity contribution is 5.54. The van der Waals surface area contributed by atoms with Crippen LogP contribution in [0, 0.1) is 0 Å². The molecule has 0 aromatic carbocycles. The molecular formula is C7H13N3. The summed E-state index contributed by atoms with van der Waals surface area (Å²) in [4.78, 5) is 1.89. The molecule has 56 valence electrons. The largest absolute Gasteiger partial charge is 0.354 e. The van der Waals surface area contributed by atoms with E-state index in [0.29, 0.717) is 0 Å². The maximum Gasteiger partial charge on any atom is 0.111 e. The highest BCUT2D eigenvalue weighted by atomic mass is 15.2. The Morgan fingerprint density at radius 1 is 1.30 bits per heavy atom. The minimum absolute atomic E-state index is 0.743. The lowest BCUT2D eigenvalue weighted by Crippen LogP contribution is -2.22. The zero-order chi connectivity index (χ0) is 7.82. The van der Waals surface area contributed by atoms with Crippen molar-refractivity contribution in [2.75, 3.05) is 13.1 Å². The molecule has 0 aliphatic carbocycles. The summed E-state index contributed by atoms with van der Waals surface area (Å²) >= 11 is 0. The zero-order valence-corrected chi connectivity index (χ0v) is 6.03. The standard InChI is InChI=1S/C7H13N3/c1-3-5-10(6-4-2)7-9-8/h3-4,7H,1-2,5-6,8H2. The lowest BCUT2D eigenvalue weighted by Gasteiger charge is -2.13. The Bertz CT molecular complexity index is 119. The molecule has 10 heavy (non-hydrogen) atoms. The fourth-order valence-electron chi connectivity index (χ4n) is 0.595. The summed E-state index contributed by atoms with van der Waals surface area (Å²) in [7, 11) is 0. The monoisotopic (exact) mass is 139 g/mol. The number of hydrogen-bond donors (Lipinski definition) is 1. The van der Waals surface area contributed by atoms with Gasteiger partial charge in [-0.25, -0.2) is 0 Å². The Kier molecular flexibility index (Phi) is 5.14. The van der Waals surface area contributed by atoms with Crippen LogP contribution in [0.4, 0.5) is 0 Å². The highest BCUT2D eigenvalue weighted by Gasteiger charge is 1.90. The molecule has 0 aliphatic rings. The summed E-state index contributed by atoms with van der Waals surface area (Å²) in [5.74, 6) is 4.95. The van der Waals surface area contributed by atoms with Crippen molar-refractivity contribution in [1.29, 1.82) is 0 Å². The lowest BCUT2D eigenvalue weighted by atomic mass is 10.5. The summed E-state index contributed by atoms with van der Waals surface area (Å²) in [5, 5.41) is 3.38. The van der Waals surface area contributed by atoms with E-state index in [-0.39, 0.29) is 0 Å². The molecule has 2 N–H and O–H groups in total. The van der Waals surface area contributed by atoms with Gasteiger partial charge in [0.15, 0.2) is 0 Å². The normalized spacial score (nSPS) is 9.60. The molecule has 0 spiro atoms. The second kappa shape index (κ2) is 5.88. The molecule has 0 aromatic heterocycles. The molecular weight excluding hydrogens is 126 g/mol. The fourth-order valence-corrected chi connectivity index (χ4v) is 0.595. The van der Waals surface area contributed by atoms with E-state index >= 15 is 0 Å². The molecule has 0 aromatic rings. The molecule has 3 heteroatoms. The van der Waals surface area contributed by atoms with E-state index in [9.17, 15) is 0 Å². The van der Waals surface area contributed by atoms with Gasteiger partial charge in [-0.2, -0.15) is 5.10 Å². The molecule has 0 radical (unpaired) electrons. The quantitative estimate of drug-likeness (QED) is 0.199. The van der Waals surface area contributed by atoms with Gasteiger partial charge in [-0.15, -0.1) is 13.2 Å². The SMILES string of the molecule is C=CCN(C=NN)CC=C. The van der Waals surface area contributed by atoms with Crippen LogP contribution < -0.4 is 5.84 Å². The third-order valence-electron chi connectivity index (χ3n) is 0.957. The molecule has 0 amide bonds. The summed E-state index contributed by atoms with van der Waals surface area (Å²) in [6, 6.07) is 0. The van der Waals surface area contributed by atoms with Crippen molar-refractivity contribution >= 4 is 6.34 Å². The molecule has 0 unspecified atom stereocenters. The van der Waals surface area contributed by atoms with Crippen LogP contribution in [-0.2, 0) is 0 Å². The van der Waals surface area contributed by atoms with Crippen molar-refractivity contribution in [2.24, 2.45) is 10.9 Å². The van der Waals surface area contributed by atoms with Crippen LogP contribution in [0.25, 0.3) is 0 Å². The van der Waals surface area contributed by atoms with E-state index in [1.807, 2.05) is 4.90 Å². The molecule has 0 heterocycles. The molecule has 0 aliphatic heterocycles. The Hall–Kier alpha value is -1.25. The van der Waals surface area contributed by atoms with E-state index in [1.165, 1.54) is 0 Å². The first-order valence-corrected chi connectivity index (χ1v) is 3.04. The maximum atomic E-state index is 4.95. The van der Waals surface area contributed by atoms with Crippen LogP contribution in [0.15, 0.2) is 30.4 Å². The van der Waals surface area contributed by atoms with Gasteiger partial charge in [0.05, 0.1) is 0 Å². The minimum atomic E-state index is 0.743. The highest BCUT2D eigenvalue weighted by Crippen LogP contribution is 1.82. The van der Waals surface area contributed by atoms with Crippen LogP contribution in [0.3, 0.4) is 0 Å². The van der Waals surface area contributed by atoms with Crippen molar-refractivity contribution in [1.82, 2.24) is 4.90 Å². The third kappa shape index (κ3) is 3.72. The summed E-state index contributed by atoms with van der Waals surface area (Å²) < 4.78 is 0. The number of nitrogens with two attached hydrogens (primary N) is 1. The van der Waals surface area contributed by atoms with Crippen molar-refractivity contribution in [3.8, 4) is 0 Å². The predicted octanol–water partition coefficient (Wildman–Crippen LogP) is 0.562. The van der Waals surface area contributed by atoms with E-state index in [2.05, 4.69) is 18.3 Å². The van der Waals surface area contributed by atoms with E-state index in [0.717, 1.165) is 13.1 Å². The predicted molar refractivity (Wildman–Crippen MR) is 44.6 cm³/mol. The van der Waals surface area contributed by atoms with Gasteiger partial charge in [0.1, 0.15) is 6.34 Å². The summed E-state index contributed by atoms with van der Waals surface area (Å²) in [6.07, 6.45) is 5.12. The number of rotatable bonds is 5. The Balaban J connectivity index is 3.70. The molecule has 0 rings (SSSR count). The Morgan fingerprint density at radius 3 is 2.10 bits per heavy atom. The molecule has 0 saturated carbocycles. The zero-order valence-electron chi connectivity index (χ0n) is 6.03. The first-order valence-electron chi connectivity index (χ1n) is 3.04. The average molecular weight is 139 g/mol. The van der Waals surface area contributed by atoms with Gasteiger partial charge >= 0.3 is 0 Å². The minimum Gasteiger partial charge on any atom is -0.354 e. The van der Waals surface area contributed by atoms with Crippen molar-refractivity contribution in [3.63, 3.8) is 0 Å². The molecule has 3 nitrogen and oxygen atoms in total. The van der Waals surface area contributed by atoms with E-state index in [1.54, 1.807) is 18.5 Å². The van der Waals surface area contributed by atoms with Crippen molar-refractivity contribution < 1.29 is 0 Å². The lowest BCUT2D eigenvalue weighted by molar-refractivity contribution is 0.527. The smallest absolute Gasteiger partial charge is 0.111 e. The van der Waals surface area contributed by atoms with Gasteiger partial charge in [-0.1, -0.05) is 12.2 Å². The molecule has 0 fully saturated rings. The molecule has 0 bridgehead atoms. The molecule has 0 saturated heterocycles. The first-order chi connectivity index (χ1) is 4.85. The van der Waals surface area contributed by atoms with Gasteiger partial charge in [0.2, 0.25) is 0 Å². The van der Waals surface area contributed by atoms with E-state index < -0.39 is 0 Å². The van der Waals surface area contributed by atoms with Crippen LogP contribution in [0.2, 0.25) is 0 Å². The van der Waals surface area contributed by atoms with Crippen LogP contribution in [0.5, 0.6) is 0 Å². The number of hydrogen-bond acceptors (Lipinski definition) is 2. The second-order valence-electron chi connectivity index (χ2n) is 1.80. The second-order valence-corrected chi connectivity index (χ2v) is 1.80. The third-order valence-corrected chi connectivity index (χ3v) is 0.957. The average Bonchev–Trinajstić information content (AvgIpc) is 1.90. The van der Waals surface area contributed by atoms with Crippen LogP contribution >= 0.6 is 0 Å². The summed E-state index contributed by atoms with van der Waals surface area (Å²) in [6.45, 7) is 8.66. The first kappa shape index (κ1) is 8.75. The Labute approximate surface area is 61.5 Å². The van der Waals surface area contributed by atoms with Gasteiger partial charge in [0.25, 0.3) is 0 Å². The van der Waals surface area contributed by atoms with Crippen LogP contribution in [-0.4, -0.2) is 24.3 Å². The molecule has 0 atom stereocenters. The number of hydrazone groups is 1. The number of nitrogens with zero attached hydrogens (tertiary/aromatic N) is 2. The van der Waals surface area contributed by atoms with Crippen molar-refractivity contribution in [2.45, 2.75) is 0 Å². The van der Waals surface area contributed by atoms with Gasteiger partial charge in [0, 0.05) is 13.1 Å².